The predicted molar refractivity (Wildman–Crippen MR) is 53.7 cm³/mol. The minimum absolute atomic E-state index is 0.116. The molecule has 1 unspecified atom stereocenters. The first-order valence-corrected chi connectivity index (χ1v) is 5.10. The monoisotopic (exact) mass is 209 g/mol. The maximum atomic E-state index is 5.95. The maximum absolute atomic E-state index is 5.95. The van der Waals surface area contributed by atoms with E-state index in [0.29, 0.717) is 6.42 Å². The van der Waals surface area contributed by atoms with Crippen molar-refractivity contribution < 1.29 is 0 Å². The molecular formula is C8H11N5S. The Balaban J connectivity index is 2.09. The lowest BCUT2D eigenvalue weighted by molar-refractivity contribution is 0.641. The van der Waals surface area contributed by atoms with Crippen LogP contribution in [0.4, 0.5) is 0 Å². The number of aryl methyl sites for hydroxylation is 1. The Bertz CT molecular complexity index is 394. The molecule has 0 saturated carbocycles. The Kier molecular flexibility index (Phi) is 2.55. The van der Waals surface area contributed by atoms with E-state index in [1.54, 1.807) is 6.20 Å². The van der Waals surface area contributed by atoms with Gasteiger partial charge in [0.1, 0.15) is 5.82 Å². The highest BCUT2D eigenvalue weighted by atomic mass is 32.1. The van der Waals surface area contributed by atoms with Gasteiger partial charge in [-0.3, -0.25) is 0 Å². The lowest BCUT2D eigenvalue weighted by atomic mass is 10.1. The summed E-state index contributed by atoms with van der Waals surface area (Å²) in [6.07, 6.45) is 4.36. The quantitative estimate of drug-likeness (QED) is 0.799. The molecule has 2 rings (SSSR count). The zero-order valence-corrected chi connectivity index (χ0v) is 8.61. The van der Waals surface area contributed by atoms with Crippen LogP contribution < -0.4 is 5.73 Å². The summed E-state index contributed by atoms with van der Waals surface area (Å²) in [6.45, 7) is 0. The molecule has 6 heteroatoms. The molecule has 2 N–H and O–H groups in total. The average Bonchev–Trinajstić information content (AvgIpc) is 2.77. The number of rotatable bonds is 3. The third-order valence-electron chi connectivity index (χ3n) is 2.08. The van der Waals surface area contributed by atoms with E-state index in [1.165, 1.54) is 11.5 Å². The van der Waals surface area contributed by atoms with Crippen molar-refractivity contribution in [1.29, 1.82) is 0 Å². The second-order valence-electron chi connectivity index (χ2n) is 3.09. The van der Waals surface area contributed by atoms with Gasteiger partial charge < -0.3 is 10.3 Å². The molecule has 14 heavy (non-hydrogen) atoms. The molecule has 0 bridgehead atoms. The van der Waals surface area contributed by atoms with Crippen LogP contribution in [0.15, 0.2) is 17.8 Å². The van der Waals surface area contributed by atoms with Gasteiger partial charge in [0.15, 0.2) is 0 Å². The van der Waals surface area contributed by atoms with Gasteiger partial charge in [0, 0.05) is 31.2 Å². The van der Waals surface area contributed by atoms with Crippen LogP contribution in [-0.4, -0.2) is 19.1 Å². The zero-order valence-electron chi connectivity index (χ0n) is 7.79. The van der Waals surface area contributed by atoms with Gasteiger partial charge in [-0.15, -0.1) is 5.10 Å². The number of hydrogen-bond acceptors (Lipinski definition) is 5. The molecule has 5 nitrogen and oxygen atoms in total. The largest absolute Gasteiger partial charge is 0.338 e. The highest BCUT2D eigenvalue weighted by Crippen LogP contribution is 2.12. The number of aromatic nitrogens is 4. The molecule has 2 aromatic rings. The Labute approximate surface area is 85.8 Å². The molecule has 0 radical (unpaired) electrons. The molecule has 2 heterocycles. The number of nitrogens with two attached hydrogens (primary N) is 1. The Morgan fingerprint density at radius 2 is 2.50 bits per heavy atom. The zero-order chi connectivity index (χ0) is 9.97. The van der Waals surface area contributed by atoms with Crippen LogP contribution in [0.3, 0.4) is 0 Å². The number of nitrogens with zero attached hydrogens (tertiary/aromatic N) is 4. The van der Waals surface area contributed by atoms with E-state index in [2.05, 4.69) is 14.6 Å². The smallest absolute Gasteiger partial charge is 0.110 e. The molecule has 1 atom stereocenters. The Morgan fingerprint density at radius 3 is 3.07 bits per heavy atom. The molecule has 0 fully saturated rings. The minimum atomic E-state index is -0.116. The summed E-state index contributed by atoms with van der Waals surface area (Å²) < 4.78 is 5.74. The minimum Gasteiger partial charge on any atom is -0.338 e. The van der Waals surface area contributed by atoms with Gasteiger partial charge in [0.25, 0.3) is 0 Å². The van der Waals surface area contributed by atoms with Crippen molar-refractivity contribution in [2.45, 2.75) is 12.5 Å². The molecule has 0 spiro atoms. The summed E-state index contributed by atoms with van der Waals surface area (Å²) in [5, 5.41) is 5.80. The third kappa shape index (κ3) is 1.80. The van der Waals surface area contributed by atoms with E-state index in [9.17, 15) is 0 Å². The van der Waals surface area contributed by atoms with Gasteiger partial charge in [-0.1, -0.05) is 4.49 Å². The second-order valence-corrected chi connectivity index (χ2v) is 3.70. The van der Waals surface area contributed by atoms with Crippen molar-refractivity contribution in [2.75, 3.05) is 0 Å². The van der Waals surface area contributed by atoms with Gasteiger partial charge in [0.05, 0.1) is 11.7 Å². The second kappa shape index (κ2) is 3.85. The molecule has 2 aromatic heterocycles. The van der Waals surface area contributed by atoms with E-state index in [-0.39, 0.29) is 6.04 Å². The fourth-order valence-corrected chi connectivity index (χ4v) is 1.75. The SMILES string of the molecule is Cn1ccnc1CC(N)c1csnn1. The molecule has 0 amide bonds. The summed E-state index contributed by atoms with van der Waals surface area (Å²) in [5.41, 5.74) is 6.78. The van der Waals surface area contributed by atoms with Gasteiger partial charge in [0.2, 0.25) is 0 Å². The van der Waals surface area contributed by atoms with Gasteiger partial charge in [-0.2, -0.15) is 0 Å². The molecule has 0 aliphatic rings. The highest BCUT2D eigenvalue weighted by Gasteiger charge is 2.12. The standard InChI is InChI=1S/C8H11N5S/c1-13-3-2-10-8(13)4-6(9)7-5-14-12-11-7/h2-3,5-6H,4,9H2,1H3. The van der Waals surface area contributed by atoms with Crippen molar-refractivity contribution in [3.8, 4) is 0 Å². The topological polar surface area (TPSA) is 69.6 Å². The Hall–Kier alpha value is -1.27. The van der Waals surface area contributed by atoms with E-state index in [4.69, 9.17) is 5.73 Å². The van der Waals surface area contributed by atoms with Gasteiger partial charge in [-0.05, 0) is 11.5 Å². The summed E-state index contributed by atoms with van der Waals surface area (Å²) in [4.78, 5) is 4.20. The van der Waals surface area contributed by atoms with Crippen LogP contribution in [0.2, 0.25) is 0 Å². The van der Waals surface area contributed by atoms with Gasteiger partial charge in [-0.25, -0.2) is 4.98 Å². The third-order valence-corrected chi connectivity index (χ3v) is 2.60. The molecule has 0 aromatic carbocycles. The number of imidazole rings is 1. The normalized spacial score (nSPS) is 13.0. The van der Waals surface area contributed by atoms with E-state index < -0.39 is 0 Å². The van der Waals surface area contributed by atoms with Crippen molar-refractivity contribution in [3.63, 3.8) is 0 Å². The van der Waals surface area contributed by atoms with Gasteiger partial charge >= 0.3 is 0 Å². The molecular weight excluding hydrogens is 198 g/mol. The van der Waals surface area contributed by atoms with Crippen LogP contribution in [0, 0.1) is 0 Å². The van der Waals surface area contributed by atoms with Crippen LogP contribution in [-0.2, 0) is 13.5 Å². The summed E-state index contributed by atoms with van der Waals surface area (Å²) >= 11 is 1.32. The first-order chi connectivity index (χ1) is 6.77. The predicted octanol–water partition coefficient (Wildman–Crippen LogP) is 0.514. The summed E-state index contributed by atoms with van der Waals surface area (Å²) in [7, 11) is 1.95. The molecule has 0 aliphatic carbocycles. The molecule has 0 saturated heterocycles. The fourth-order valence-electron chi connectivity index (χ4n) is 1.23. The van der Waals surface area contributed by atoms with Crippen LogP contribution in [0.5, 0.6) is 0 Å². The fraction of sp³-hybridized carbons (Fsp3) is 0.375. The molecule has 74 valence electrons. The van der Waals surface area contributed by atoms with Crippen molar-refractivity contribution in [2.24, 2.45) is 12.8 Å². The molecule has 0 aliphatic heterocycles. The lowest BCUT2D eigenvalue weighted by Crippen LogP contribution is -2.16. The maximum Gasteiger partial charge on any atom is 0.110 e. The van der Waals surface area contributed by atoms with Crippen LogP contribution in [0.1, 0.15) is 17.6 Å². The summed E-state index contributed by atoms with van der Waals surface area (Å²) in [5.74, 6) is 0.963. The highest BCUT2D eigenvalue weighted by molar-refractivity contribution is 7.03. The first kappa shape index (κ1) is 9.29. The van der Waals surface area contributed by atoms with Crippen LogP contribution in [0.25, 0.3) is 0 Å². The first-order valence-electron chi connectivity index (χ1n) is 4.26. The van der Waals surface area contributed by atoms with Crippen molar-refractivity contribution in [1.82, 2.24) is 19.1 Å². The average molecular weight is 209 g/mol. The Morgan fingerprint density at radius 1 is 1.64 bits per heavy atom. The van der Waals surface area contributed by atoms with E-state index in [1.807, 2.05) is 23.2 Å². The van der Waals surface area contributed by atoms with E-state index >= 15 is 0 Å². The van der Waals surface area contributed by atoms with E-state index in [0.717, 1.165) is 11.5 Å². The number of hydrogen-bond donors (Lipinski definition) is 1. The lowest BCUT2D eigenvalue weighted by Gasteiger charge is -2.07. The van der Waals surface area contributed by atoms with Crippen molar-refractivity contribution in [3.05, 3.63) is 29.3 Å². The summed E-state index contributed by atoms with van der Waals surface area (Å²) in [6, 6.07) is -0.116. The van der Waals surface area contributed by atoms with Crippen molar-refractivity contribution >= 4 is 11.5 Å². The van der Waals surface area contributed by atoms with Crippen LogP contribution >= 0.6 is 11.5 Å².